The third-order valence-corrected chi connectivity index (χ3v) is 6.58. The van der Waals surface area contributed by atoms with Gasteiger partial charge in [-0.25, -0.2) is 4.68 Å². The zero-order valence-electron chi connectivity index (χ0n) is 18.8. The molecule has 0 spiro atoms. The minimum Gasteiger partial charge on any atom is -0.373 e. The summed E-state index contributed by atoms with van der Waals surface area (Å²) in [7, 11) is 0. The second-order valence-electron chi connectivity index (χ2n) is 8.71. The Labute approximate surface area is 204 Å². The van der Waals surface area contributed by atoms with Crippen molar-refractivity contribution < 1.29 is 4.74 Å². The summed E-state index contributed by atoms with van der Waals surface area (Å²) in [6.07, 6.45) is 0.337. The third kappa shape index (κ3) is 4.80. The number of aromatic nitrogens is 3. The fourth-order valence-corrected chi connectivity index (χ4v) is 5.11. The molecule has 5 nitrogen and oxygen atoms in total. The molecule has 8 heteroatoms. The van der Waals surface area contributed by atoms with E-state index in [4.69, 9.17) is 45.3 Å². The van der Waals surface area contributed by atoms with E-state index in [1.165, 1.54) is 5.56 Å². The van der Waals surface area contributed by atoms with Gasteiger partial charge < -0.3 is 4.74 Å². The van der Waals surface area contributed by atoms with Crippen LogP contribution >= 0.6 is 35.4 Å². The molecule has 0 aliphatic carbocycles. The number of hydrogen-bond acceptors (Lipinski definition) is 4. The van der Waals surface area contributed by atoms with E-state index in [1.54, 1.807) is 6.07 Å². The van der Waals surface area contributed by atoms with Crippen molar-refractivity contribution in [3.63, 3.8) is 0 Å². The van der Waals surface area contributed by atoms with Gasteiger partial charge in [-0.2, -0.15) is 0 Å². The number of ether oxygens (including phenoxy) is 1. The molecule has 1 fully saturated rings. The third-order valence-electron chi connectivity index (χ3n) is 5.64. The summed E-state index contributed by atoms with van der Waals surface area (Å²) in [5.41, 5.74) is 3.01. The molecule has 32 heavy (non-hydrogen) atoms. The lowest BCUT2D eigenvalue weighted by atomic mass is 10.0. The van der Waals surface area contributed by atoms with Gasteiger partial charge in [-0.15, -0.1) is 5.10 Å². The summed E-state index contributed by atoms with van der Waals surface area (Å²) in [6, 6.07) is 13.8. The number of hydrogen-bond donors (Lipinski definition) is 0. The zero-order chi connectivity index (χ0) is 23.0. The van der Waals surface area contributed by atoms with Gasteiger partial charge in [0.25, 0.3) is 0 Å². The second kappa shape index (κ2) is 9.65. The first-order valence-electron chi connectivity index (χ1n) is 10.9. The van der Waals surface area contributed by atoms with Gasteiger partial charge in [0.15, 0.2) is 5.82 Å². The maximum absolute atomic E-state index is 6.61. The number of para-hydroxylation sites is 1. The number of benzene rings is 2. The van der Waals surface area contributed by atoms with Crippen LogP contribution in [-0.2, 0) is 11.4 Å². The van der Waals surface area contributed by atoms with E-state index in [-0.39, 0.29) is 12.2 Å². The molecule has 0 unspecified atom stereocenters. The maximum Gasteiger partial charge on any atom is 0.204 e. The van der Waals surface area contributed by atoms with Crippen molar-refractivity contribution in [3.8, 4) is 17.1 Å². The Hall–Kier alpha value is -1.70. The first kappa shape index (κ1) is 23.5. The minimum absolute atomic E-state index is 0.168. The van der Waals surface area contributed by atoms with Crippen molar-refractivity contribution in [3.05, 3.63) is 62.8 Å². The molecule has 1 aliphatic rings. The number of halogens is 2. The number of morpholine rings is 1. The van der Waals surface area contributed by atoms with Gasteiger partial charge in [0.05, 0.1) is 29.6 Å². The predicted octanol–water partition coefficient (Wildman–Crippen LogP) is 6.57. The standard InChI is InChI=1S/C24H28Cl2N4OS/c1-15(2)19-7-5-6-8-22(19)30-23(20-10-9-18(25)11-21(20)26)27-29(24(30)32)14-28-12-16(3)31-17(4)13-28/h5-11,15-17H,12-14H2,1-4H3/t16-,17-/m1/s1. The fourth-order valence-electron chi connectivity index (χ4n) is 4.33. The van der Waals surface area contributed by atoms with Gasteiger partial charge in [0, 0.05) is 23.7 Å². The quantitative estimate of drug-likeness (QED) is 0.379. The van der Waals surface area contributed by atoms with Gasteiger partial charge in [0.1, 0.15) is 0 Å². The maximum atomic E-state index is 6.61. The van der Waals surface area contributed by atoms with Crippen molar-refractivity contribution in [1.29, 1.82) is 0 Å². The Morgan fingerprint density at radius 3 is 2.44 bits per heavy atom. The molecule has 2 heterocycles. The highest BCUT2D eigenvalue weighted by Crippen LogP contribution is 2.33. The van der Waals surface area contributed by atoms with Crippen LogP contribution in [-0.4, -0.2) is 44.5 Å². The Morgan fingerprint density at radius 2 is 1.78 bits per heavy atom. The highest BCUT2D eigenvalue weighted by atomic mass is 35.5. The molecule has 2 atom stereocenters. The lowest BCUT2D eigenvalue weighted by Gasteiger charge is -2.34. The van der Waals surface area contributed by atoms with Gasteiger partial charge in [0.2, 0.25) is 4.77 Å². The Kier molecular flexibility index (Phi) is 7.08. The van der Waals surface area contributed by atoms with E-state index in [1.807, 2.05) is 27.4 Å². The average Bonchev–Trinajstić information content (AvgIpc) is 3.02. The topological polar surface area (TPSA) is 35.2 Å². The predicted molar refractivity (Wildman–Crippen MR) is 134 cm³/mol. The largest absolute Gasteiger partial charge is 0.373 e. The van der Waals surface area contributed by atoms with Crippen LogP contribution in [0.4, 0.5) is 0 Å². The van der Waals surface area contributed by atoms with E-state index in [0.717, 1.165) is 24.3 Å². The van der Waals surface area contributed by atoms with E-state index in [0.29, 0.717) is 33.2 Å². The van der Waals surface area contributed by atoms with E-state index >= 15 is 0 Å². The molecule has 0 N–H and O–H groups in total. The molecule has 0 radical (unpaired) electrons. The van der Waals surface area contributed by atoms with Gasteiger partial charge >= 0.3 is 0 Å². The van der Waals surface area contributed by atoms with E-state index < -0.39 is 0 Å². The van der Waals surface area contributed by atoms with Crippen LogP contribution in [0.25, 0.3) is 17.1 Å². The summed E-state index contributed by atoms with van der Waals surface area (Å²) in [4.78, 5) is 2.33. The monoisotopic (exact) mass is 490 g/mol. The molecule has 0 amide bonds. The van der Waals surface area contributed by atoms with Crippen LogP contribution < -0.4 is 0 Å². The summed E-state index contributed by atoms with van der Waals surface area (Å²) >= 11 is 18.7. The molecule has 1 aliphatic heterocycles. The van der Waals surface area contributed by atoms with Crippen molar-refractivity contribution in [1.82, 2.24) is 19.2 Å². The molecule has 1 saturated heterocycles. The van der Waals surface area contributed by atoms with Crippen molar-refractivity contribution in [2.75, 3.05) is 13.1 Å². The van der Waals surface area contributed by atoms with Gasteiger partial charge in [-0.1, -0.05) is 55.2 Å². The molecule has 3 aromatic rings. The normalized spacial score (nSPS) is 19.6. The number of rotatable bonds is 5. The van der Waals surface area contributed by atoms with Crippen LogP contribution in [0.15, 0.2) is 42.5 Å². The Bertz CT molecular complexity index is 1160. The van der Waals surface area contributed by atoms with Gasteiger partial charge in [-0.05, 0) is 61.8 Å². The van der Waals surface area contributed by atoms with E-state index in [9.17, 15) is 0 Å². The molecule has 0 bridgehead atoms. The first-order chi connectivity index (χ1) is 15.2. The highest BCUT2D eigenvalue weighted by molar-refractivity contribution is 7.71. The lowest BCUT2D eigenvalue weighted by Crippen LogP contribution is -2.46. The van der Waals surface area contributed by atoms with Crippen molar-refractivity contribution >= 4 is 35.4 Å². The molecular weight excluding hydrogens is 463 g/mol. The van der Waals surface area contributed by atoms with Crippen LogP contribution in [0.3, 0.4) is 0 Å². The van der Waals surface area contributed by atoms with Crippen LogP contribution in [0.1, 0.15) is 39.2 Å². The van der Waals surface area contributed by atoms with Crippen LogP contribution in [0, 0.1) is 4.77 Å². The van der Waals surface area contributed by atoms with Gasteiger partial charge in [-0.3, -0.25) is 9.47 Å². The zero-order valence-corrected chi connectivity index (χ0v) is 21.1. The molecule has 0 saturated carbocycles. The van der Waals surface area contributed by atoms with Crippen LogP contribution in [0.5, 0.6) is 0 Å². The number of nitrogens with zero attached hydrogens (tertiary/aromatic N) is 4. The fraction of sp³-hybridized carbons (Fsp3) is 0.417. The first-order valence-corrected chi connectivity index (χ1v) is 12.0. The summed E-state index contributed by atoms with van der Waals surface area (Å²) < 4.78 is 10.4. The second-order valence-corrected chi connectivity index (χ2v) is 9.92. The smallest absolute Gasteiger partial charge is 0.204 e. The highest BCUT2D eigenvalue weighted by Gasteiger charge is 2.25. The Balaban J connectivity index is 1.87. The summed E-state index contributed by atoms with van der Waals surface area (Å²) in [5, 5.41) is 6.09. The molecule has 1 aromatic heterocycles. The minimum atomic E-state index is 0.168. The van der Waals surface area contributed by atoms with Crippen molar-refractivity contribution in [2.45, 2.75) is 52.5 Å². The molecule has 170 valence electrons. The van der Waals surface area contributed by atoms with Crippen molar-refractivity contribution in [2.24, 2.45) is 0 Å². The molecule has 4 rings (SSSR count). The summed E-state index contributed by atoms with van der Waals surface area (Å²) in [6.45, 7) is 10.8. The average molecular weight is 491 g/mol. The lowest BCUT2D eigenvalue weighted by molar-refractivity contribution is -0.0777. The van der Waals surface area contributed by atoms with E-state index in [2.05, 4.69) is 50.8 Å². The molecule has 2 aromatic carbocycles. The Morgan fingerprint density at radius 1 is 1.09 bits per heavy atom. The summed E-state index contributed by atoms with van der Waals surface area (Å²) in [5.74, 6) is 1.03. The molecular formula is C24H28Cl2N4OS. The van der Waals surface area contributed by atoms with Crippen LogP contribution in [0.2, 0.25) is 10.0 Å². The SMILES string of the molecule is CC(C)c1ccccc1-n1c(-c2ccc(Cl)cc2Cl)nn(CN2C[C@@H](C)O[C@H](C)C2)c1=S.